The first-order valence-corrected chi connectivity index (χ1v) is 10.2. The molecule has 128 valence electrons. The highest BCUT2D eigenvalue weighted by Crippen LogP contribution is 2.28. The van der Waals surface area contributed by atoms with Gasteiger partial charge in [-0.1, -0.05) is 12.1 Å². The van der Waals surface area contributed by atoms with E-state index in [1.54, 1.807) is 13.3 Å². The molecule has 24 heavy (non-hydrogen) atoms. The molecule has 0 spiro atoms. The highest BCUT2D eigenvalue weighted by Gasteiger charge is 2.32. The van der Waals surface area contributed by atoms with Crippen LogP contribution in [0.3, 0.4) is 0 Å². The molecule has 2 aromatic rings. The van der Waals surface area contributed by atoms with Gasteiger partial charge in [0.25, 0.3) is 0 Å². The quantitative estimate of drug-likeness (QED) is 0.873. The number of hydrogen-bond acceptors (Lipinski definition) is 6. The molecular weight excluding hydrogens is 348 g/mol. The molecule has 1 atom stereocenters. The third kappa shape index (κ3) is 3.93. The van der Waals surface area contributed by atoms with Crippen molar-refractivity contribution in [2.45, 2.75) is 13.0 Å². The molecule has 1 aliphatic heterocycles. The maximum atomic E-state index is 12.1. The molecule has 2 heterocycles. The Balaban J connectivity index is 1.61. The monoisotopic (exact) mass is 366 g/mol. The van der Waals surface area contributed by atoms with E-state index in [4.69, 9.17) is 4.74 Å². The van der Waals surface area contributed by atoms with Gasteiger partial charge in [0.15, 0.2) is 9.84 Å². The Morgan fingerprint density at radius 2 is 2.29 bits per heavy atom. The molecule has 6 nitrogen and oxygen atoms in total. The summed E-state index contributed by atoms with van der Waals surface area (Å²) in [7, 11) is -1.43. The maximum absolute atomic E-state index is 12.1. The molecule has 1 aromatic carbocycles. The summed E-state index contributed by atoms with van der Waals surface area (Å²) in [5, 5.41) is 3.66. The Hall–Kier alpha value is -1.93. The number of thiazole rings is 1. The van der Waals surface area contributed by atoms with Gasteiger partial charge < -0.3 is 10.1 Å². The van der Waals surface area contributed by atoms with Crippen molar-refractivity contribution < 1.29 is 17.9 Å². The largest absolute Gasteiger partial charge is 0.497 e. The first-order valence-electron chi connectivity index (χ1n) is 7.54. The number of benzene rings is 1. The number of amides is 1. The summed E-state index contributed by atoms with van der Waals surface area (Å²) in [5.41, 5.74) is 0.957. The zero-order chi connectivity index (χ0) is 17.2. The summed E-state index contributed by atoms with van der Waals surface area (Å²) in [5.74, 6) is 0.190. The van der Waals surface area contributed by atoms with Gasteiger partial charge in [-0.15, -0.1) is 11.3 Å². The number of rotatable bonds is 5. The van der Waals surface area contributed by atoms with Gasteiger partial charge in [0.05, 0.1) is 31.1 Å². The van der Waals surface area contributed by atoms with Gasteiger partial charge in [0, 0.05) is 16.6 Å². The Morgan fingerprint density at radius 3 is 3.00 bits per heavy atom. The first kappa shape index (κ1) is 16.9. The lowest BCUT2D eigenvalue weighted by Crippen LogP contribution is -2.30. The molecule has 0 unspecified atom stereocenters. The molecule has 8 heteroatoms. The van der Waals surface area contributed by atoms with Crippen LogP contribution in [0.15, 0.2) is 30.5 Å². The van der Waals surface area contributed by atoms with Crippen LogP contribution >= 0.6 is 11.3 Å². The molecule has 1 N–H and O–H groups in total. The molecule has 1 aliphatic rings. The lowest BCUT2D eigenvalue weighted by Gasteiger charge is -2.07. The minimum atomic E-state index is -3.04. The summed E-state index contributed by atoms with van der Waals surface area (Å²) in [6.45, 7) is 0.358. The summed E-state index contributed by atoms with van der Waals surface area (Å²) >= 11 is 1.49. The third-order valence-corrected chi connectivity index (χ3v) is 6.72. The van der Waals surface area contributed by atoms with Crippen molar-refractivity contribution in [1.29, 1.82) is 0 Å². The lowest BCUT2D eigenvalue weighted by atomic mass is 10.1. The topological polar surface area (TPSA) is 85.4 Å². The number of ether oxygens (including phenoxy) is 1. The van der Waals surface area contributed by atoms with E-state index in [9.17, 15) is 13.2 Å². The van der Waals surface area contributed by atoms with Crippen LogP contribution in [0, 0.1) is 5.92 Å². The van der Waals surface area contributed by atoms with Crippen LogP contribution in [0.25, 0.3) is 10.6 Å². The number of nitrogens with one attached hydrogen (secondary N) is 1. The molecule has 0 aliphatic carbocycles. The van der Waals surface area contributed by atoms with Gasteiger partial charge in [-0.3, -0.25) is 4.79 Å². The Morgan fingerprint density at radius 1 is 1.46 bits per heavy atom. The Kier molecular flexibility index (Phi) is 4.86. The molecule has 1 aromatic heterocycles. The first-order chi connectivity index (χ1) is 11.5. The van der Waals surface area contributed by atoms with Crippen molar-refractivity contribution in [2.24, 2.45) is 5.92 Å². The van der Waals surface area contributed by atoms with Gasteiger partial charge in [-0.05, 0) is 18.6 Å². The van der Waals surface area contributed by atoms with Gasteiger partial charge in [-0.2, -0.15) is 0 Å². The molecular formula is C16H18N2O4S2. The number of carbonyl (C=O) groups is 1. The minimum absolute atomic E-state index is 0.0451. The molecule has 3 rings (SSSR count). The highest BCUT2D eigenvalue weighted by atomic mass is 32.2. The fourth-order valence-corrected chi connectivity index (χ4v) is 5.19. The number of aromatic nitrogens is 1. The van der Waals surface area contributed by atoms with Crippen LogP contribution < -0.4 is 10.1 Å². The van der Waals surface area contributed by atoms with Crippen molar-refractivity contribution in [1.82, 2.24) is 10.3 Å². The van der Waals surface area contributed by atoms with E-state index in [0.29, 0.717) is 13.0 Å². The number of sulfone groups is 1. The Labute approximate surface area is 144 Å². The molecule has 0 saturated carbocycles. The van der Waals surface area contributed by atoms with Crippen LogP contribution in [0.4, 0.5) is 0 Å². The number of nitrogens with zero attached hydrogens (tertiary/aromatic N) is 1. The highest BCUT2D eigenvalue weighted by molar-refractivity contribution is 7.91. The van der Waals surface area contributed by atoms with Crippen LogP contribution in [-0.4, -0.2) is 37.9 Å². The summed E-state index contributed by atoms with van der Waals surface area (Å²) in [6.07, 6.45) is 2.14. The van der Waals surface area contributed by atoms with E-state index in [1.165, 1.54) is 11.3 Å². The standard InChI is InChI=1S/C16H18N2O4S2/c1-22-13-4-2-3-11(7-13)16-18-9-14(23-16)8-17-15(19)12-5-6-24(20,21)10-12/h2-4,7,9,12H,5-6,8,10H2,1H3,(H,17,19)/t12-/m0/s1. The SMILES string of the molecule is COc1cccc(-c2ncc(CNC(=O)[C@H]3CCS(=O)(=O)C3)s2)c1. The van der Waals surface area contributed by atoms with E-state index in [2.05, 4.69) is 10.3 Å². The number of methoxy groups -OCH3 is 1. The van der Waals surface area contributed by atoms with Gasteiger partial charge in [-0.25, -0.2) is 13.4 Å². The van der Waals surface area contributed by atoms with Gasteiger partial charge >= 0.3 is 0 Å². The second-order valence-electron chi connectivity index (χ2n) is 5.68. The fraction of sp³-hybridized carbons (Fsp3) is 0.375. The van der Waals surface area contributed by atoms with Gasteiger partial charge in [0.2, 0.25) is 5.91 Å². The van der Waals surface area contributed by atoms with E-state index >= 15 is 0 Å². The molecule has 0 bridgehead atoms. The second-order valence-corrected chi connectivity index (χ2v) is 9.03. The summed E-state index contributed by atoms with van der Waals surface area (Å²) in [6, 6.07) is 7.63. The van der Waals surface area contributed by atoms with Gasteiger partial charge in [0.1, 0.15) is 10.8 Å². The second kappa shape index (κ2) is 6.90. The maximum Gasteiger partial charge on any atom is 0.224 e. The van der Waals surface area contributed by atoms with E-state index in [-0.39, 0.29) is 17.4 Å². The molecule has 1 amide bonds. The van der Waals surface area contributed by atoms with Crippen LogP contribution in [0.1, 0.15) is 11.3 Å². The fourth-order valence-electron chi connectivity index (χ4n) is 2.60. The summed E-state index contributed by atoms with van der Waals surface area (Å²) in [4.78, 5) is 17.4. The average Bonchev–Trinajstić information content (AvgIpc) is 3.19. The van der Waals surface area contributed by atoms with Crippen molar-refractivity contribution in [2.75, 3.05) is 18.6 Å². The molecule has 1 fully saturated rings. The zero-order valence-corrected chi connectivity index (χ0v) is 14.8. The zero-order valence-electron chi connectivity index (χ0n) is 13.2. The number of carbonyl (C=O) groups excluding carboxylic acids is 1. The summed E-state index contributed by atoms with van der Waals surface area (Å²) < 4.78 is 28.1. The average molecular weight is 366 g/mol. The third-order valence-electron chi connectivity index (χ3n) is 3.91. The van der Waals surface area contributed by atoms with Crippen LogP contribution in [0.5, 0.6) is 5.75 Å². The predicted molar refractivity (Wildman–Crippen MR) is 92.7 cm³/mol. The van der Waals surface area contributed by atoms with E-state index in [1.807, 2.05) is 24.3 Å². The van der Waals surface area contributed by atoms with E-state index in [0.717, 1.165) is 21.2 Å². The molecule has 0 radical (unpaired) electrons. The smallest absolute Gasteiger partial charge is 0.224 e. The normalized spacial score (nSPS) is 19.1. The lowest BCUT2D eigenvalue weighted by molar-refractivity contribution is -0.124. The van der Waals surface area contributed by atoms with E-state index < -0.39 is 15.8 Å². The molecule has 1 saturated heterocycles. The van der Waals surface area contributed by atoms with Crippen molar-refractivity contribution in [3.63, 3.8) is 0 Å². The number of hydrogen-bond donors (Lipinski definition) is 1. The Bertz CT molecular complexity index is 845. The van der Waals surface area contributed by atoms with Crippen molar-refractivity contribution in [3.05, 3.63) is 35.3 Å². The van der Waals surface area contributed by atoms with Crippen LogP contribution in [0.2, 0.25) is 0 Å². The minimum Gasteiger partial charge on any atom is -0.497 e. The van der Waals surface area contributed by atoms with Crippen molar-refractivity contribution in [3.8, 4) is 16.3 Å². The van der Waals surface area contributed by atoms with Crippen LogP contribution in [-0.2, 0) is 21.2 Å². The van der Waals surface area contributed by atoms with Crippen molar-refractivity contribution >= 4 is 27.1 Å². The predicted octanol–water partition coefficient (Wildman–Crippen LogP) is 1.87.